The van der Waals surface area contributed by atoms with Gasteiger partial charge in [0.25, 0.3) is 0 Å². The van der Waals surface area contributed by atoms with Gasteiger partial charge in [-0.05, 0) is 54.7 Å². The molecule has 1 nitrogen and oxygen atoms in total. The SMILES string of the molecule is COc1cccc(CC(Br)c2cccc(C)c2C)c1. The van der Waals surface area contributed by atoms with Gasteiger partial charge in [-0.15, -0.1) is 0 Å². The zero-order valence-corrected chi connectivity index (χ0v) is 13.2. The summed E-state index contributed by atoms with van der Waals surface area (Å²) in [6.45, 7) is 4.34. The molecule has 2 aromatic rings. The molecule has 0 saturated carbocycles. The fourth-order valence-corrected chi connectivity index (χ4v) is 3.10. The Hall–Kier alpha value is -1.28. The molecule has 0 heterocycles. The van der Waals surface area contributed by atoms with Crippen LogP contribution in [0.2, 0.25) is 0 Å². The first kappa shape index (κ1) is 14.1. The molecule has 0 aliphatic rings. The Kier molecular flexibility index (Phi) is 4.65. The summed E-state index contributed by atoms with van der Waals surface area (Å²) >= 11 is 3.81. The summed E-state index contributed by atoms with van der Waals surface area (Å²) < 4.78 is 5.27. The molecule has 0 aromatic heterocycles. The summed E-state index contributed by atoms with van der Waals surface area (Å²) in [5, 5.41) is 0. The first-order valence-corrected chi connectivity index (χ1v) is 7.36. The van der Waals surface area contributed by atoms with Crippen LogP contribution in [0.5, 0.6) is 5.75 Å². The molecule has 0 saturated heterocycles. The summed E-state index contributed by atoms with van der Waals surface area (Å²) in [4.78, 5) is 0.333. The van der Waals surface area contributed by atoms with Gasteiger partial charge in [-0.2, -0.15) is 0 Å². The first-order chi connectivity index (χ1) is 9.11. The fraction of sp³-hybridized carbons (Fsp3) is 0.294. The topological polar surface area (TPSA) is 9.23 Å². The lowest BCUT2D eigenvalue weighted by Crippen LogP contribution is -1.99. The Labute approximate surface area is 123 Å². The van der Waals surface area contributed by atoms with Crippen molar-refractivity contribution in [2.24, 2.45) is 0 Å². The van der Waals surface area contributed by atoms with Crippen molar-refractivity contribution >= 4 is 15.9 Å². The molecule has 0 aliphatic carbocycles. The van der Waals surface area contributed by atoms with Crippen LogP contribution in [-0.2, 0) is 6.42 Å². The molecule has 2 aromatic carbocycles. The van der Waals surface area contributed by atoms with Crippen LogP contribution in [-0.4, -0.2) is 7.11 Å². The Morgan fingerprint density at radius 1 is 1.11 bits per heavy atom. The highest BCUT2D eigenvalue weighted by molar-refractivity contribution is 9.09. The van der Waals surface area contributed by atoms with Gasteiger partial charge in [-0.25, -0.2) is 0 Å². The van der Waals surface area contributed by atoms with Crippen molar-refractivity contribution in [2.45, 2.75) is 25.1 Å². The highest BCUT2D eigenvalue weighted by Gasteiger charge is 2.12. The number of halogens is 1. The third kappa shape index (κ3) is 3.38. The Balaban J connectivity index is 2.20. The average Bonchev–Trinajstić information content (AvgIpc) is 2.42. The molecule has 0 spiro atoms. The van der Waals surface area contributed by atoms with Gasteiger partial charge >= 0.3 is 0 Å². The van der Waals surface area contributed by atoms with Gasteiger partial charge in [-0.3, -0.25) is 0 Å². The predicted molar refractivity (Wildman–Crippen MR) is 84.3 cm³/mol. The highest BCUT2D eigenvalue weighted by atomic mass is 79.9. The maximum atomic E-state index is 5.27. The Morgan fingerprint density at radius 2 is 1.84 bits per heavy atom. The molecular formula is C17H19BrO. The van der Waals surface area contributed by atoms with Crippen molar-refractivity contribution in [3.05, 3.63) is 64.7 Å². The monoisotopic (exact) mass is 318 g/mol. The van der Waals surface area contributed by atoms with Crippen LogP contribution >= 0.6 is 15.9 Å². The second-order valence-electron chi connectivity index (χ2n) is 4.81. The third-order valence-corrected chi connectivity index (χ3v) is 4.35. The van der Waals surface area contributed by atoms with Gasteiger partial charge in [0.2, 0.25) is 0 Å². The lowest BCUT2D eigenvalue weighted by atomic mass is 9.97. The molecular weight excluding hydrogens is 300 g/mol. The largest absolute Gasteiger partial charge is 0.497 e. The smallest absolute Gasteiger partial charge is 0.119 e. The van der Waals surface area contributed by atoms with E-state index < -0.39 is 0 Å². The van der Waals surface area contributed by atoms with Crippen molar-refractivity contribution in [3.63, 3.8) is 0 Å². The molecule has 2 rings (SSSR count). The summed E-state index contributed by atoms with van der Waals surface area (Å²) in [6.07, 6.45) is 0.960. The predicted octanol–water partition coefficient (Wildman–Crippen LogP) is 4.99. The fourth-order valence-electron chi connectivity index (χ4n) is 2.23. The zero-order chi connectivity index (χ0) is 13.8. The second kappa shape index (κ2) is 6.25. The van der Waals surface area contributed by atoms with E-state index in [0.717, 1.165) is 12.2 Å². The average molecular weight is 319 g/mol. The number of ether oxygens (including phenoxy) is 1. The van der Waals surface area contributed by atoms with E-state index in [1.807, 2.05) is 12.1 Å². The van der Waals surface area contributed by atoms with Gasteiger partial charge in [0, 0.05) is 4.83 Å². The molecule has 0 amide bonds. The number of hydrogen-bond acceptors (Lipinski definition) is 1. The van der Waals surface area contributed by atoms with Crippen LogP contribution in [0.1, 0.15) is 27.1 Å². The molecule has 1 unspecified atom stereocenters. The van der Waals surface area contributed by atoms with Gasteiger partial charge < -0.3 is 4.74 Å². The van der Waals surface area contributed by atoms with Crippen LogP contribution in [0.3, 0.4) is 0 Å². The maximum Gasteiger partial charge on any atom is 0.119 e. The van der Waals surface area contributed by atoms with Crippen LogP contribution in [0, 0.1) is 13.8 Å². The quantitative estimate of drug-likeness (QED) is 0.721. The highest BCUT2D eigenvalue weighted by Crippen LogP contribution is 2.31. The van der Waals surface area contributed by atoms with Gasteiger partial charge in [0.05, 0.1) is 7.11 Å². The number of aryl methyl sites for hydroxylation is 1. The van der Waals surface area contributed by atoms with E-state index in [0.29, 0.717) is 4.83 Å². The van der Waals surface area contributed by atoms with Crippen LogP contribution in [0.15, 0.2) is 42.5 Å². The molecule has 1 atom stereocenters. The van der Waals surface area contributed by atoms with Crippen molar-refractivity contribution in [1.29, 1.82) is 0 Å². The van der Waals surface area contributed by atoms with Crippen molar-refractivity contribution < 1.29 is 4.74 Å². The summed E-state index contributed by atoms with van der Waals surface area (Å²) in [5.74, 6) is 0.915. The van der Waals surface area contributed by atoms with E-state index in [2.05, 4.69) is 60.1 Å². The number of hydrogen-bond donors (Lipinski definition) is 0. The van der Waals surface area contributed by atoms with E-state index in [4.69, 9.17) is 4.74 Å². The minimum absolute atomic E-state index is 0.333. The lowest BCUT2D eigenvalue weighted by molar-refractivity contribution is 0.414. The summed E-state index contributed by atoms with van der Waals surface area (Å²) in [7, 11) is 1.70. The minimum atomic E-state index is 0.333. The molecule has 19 heavy (non-hydrogen) atoms. The molecule has 0 radical (unpaired) electrons. The van der Waals surface area contributed by atoms with Gasteiger partial charge in [-0.1, -0.05) is 46.3 Å². The standard InChI is InChI=1S/C17H19BrO/c1-12-6-4-9-16(13(12)2)17(18)11-14-7-5-8-15(10-14)19-3/h4-10,17H,11H2,1-3H3. The molecule has 0 bridgehead atoms. The van der Waals surface area contributed by atoms with Crippen molar-refractivity contribution in [3.8, 4) is 5.75 Å². The molecule has 2 heteroatoms. The van der Waals surface area contributed by atoms with E-state index in [1.165, 1.54) is 22.3 Å². The van der Waals surface area contributed by atoms with Crippen LogP contribution in [0.4, 0.5) is 0 Å². The van der Waals surface area contributed by atoms with E-state index in [1.54, 1.807) is 7.11 Å². The summed E-state index contributed by atoms with van der Waals surface area (Å²) in [6, 6.07) is 14.7. The van der Waals surface area contributed by atoms with Crippen LogP contribution in [0.25, 0.3) is 0 Å². The molecule has 0 N–H and O–H groups in total. The van der Waals surface area contributed by atoms with Crippen LogP contribution < -0.4 is 4.74 Å². The molecule has 0 aliphatic heterocycles. The normalized spacial score (nSPS) is 12.2. The lowest BCUT2D eigenvalue weighted by Gasteiger charge is -2.15. The Morgan fingerprint density at radius 3 is 2.58 bits per heavy atom. The first-order valence-electron chi connectivity index (χ1n) is 6.45. The van der Waals surface area contributed by atoms with Gasteiger partial charge in [0.1, 0.15) is 5.75 Å². The number of methoxy groups -OCH3 is 1. The van der Waals surface area contributed by atoms with Gasteiger partial charge in [0.15, 0.2) is 0 Å². The number of rotatable bonds is 4. The Bertz CT molecular complexity index is 563. The number of alkyl halides is 1. The number of benzene rings is 2. The molecule has 100 valence electrons. The van der Waals surface area contributed by atoms with E-state index in [9.17, 15) is 0 Å². The van der Waals surface area contributed by atoms with E-state index in [-0.39, 0.29) is 0 Å². The molecule has 0 fully saturated rings. The van der Waals surface area contributed by atoms with Crippen molar-refractivity contribution in [1.82, 2.24) is 0 Å². The zero-order valence-electron chi connectivity index (χ0n) is 11.6. The van der Waals surface area contributed by atoms with E-state index >= 15 is 0 Å². The minimum Gasteiger partial charge on any atom is -0.497 e. The maximum absolute atomic E-state index is 5.27. The third-order valence-electron chi connectivity index (χ3n) is 3.53. The second-order valence-corrected chi connectivity index (χ2v) is 5.92. The summed E-state index contributed by atoms with van der Waals surface area (Å²) in [5.41, 5.74) is 5.35. The van der Waals surface area contributed by atoms with Crippen molar-refractivity contribution in [2.75, 3.05) is 7.11 Å².